The highest BCUT2D eigenvalue weighted by Crippen LogP contribution is 2.43. The van der Waals surface area contributed by atoms with Crippen molar-refractivity contribution in [3.63, 3.8) is 0 Å². The number of aliphatic carboxylic acids is 1. The molecule has 1 aliphatic carbocycles. The van der Waals surface area contributed by atoms with E-state index in [0.29, 0.717) is 19.6 Å². The fourth-order valence-corrected chi connectivity index (χ4v) is 3.86. The molecule has 20 heavy (non-hydrogen) atoms. The zero-order valence-electron chi connectivity index (χ0n) is 12.0. The van der Waals surface area contributed by atoms with Crippen molar-refractivity contribution < 1.29 is 19.4 Å². The third kappa shape index (κ3) is 3.15. The van der Waals surface area contributed by atoms with Crippen LogP contribution in [0.5, 0.6) is 0 Å². The predicted molar refractivity (Wildman–Crippen MR) is 73.7 cm³/mol. The maximum atomic E-state index is 11.0. The first-order chi connectivity index (χ1) is 9.67. The van der Waals surface area contributed by atoms with Crippen molar-refractivity contribution in [2.75, 3.05) is 19.7 Å². The maximum Gasteiger partial charge on any atom is 0.307 e. The first-order valence-electron chi connectivity index (χ1n) is 7.90. The molecule has 2 heterocycles. The second kappa shape index (κ2) is 6.00. The average molecular weight is 283 g/mol. The molecule has 1 spiro atoms. The Labute approximate surface area is 120 Å². The molecule has 3 fully saturated rings. The van der Waals surface area contributed by atoms with Gasteiger partial charge in [-0.1, -0.05) is 12.8 Å². The highest BCUT2D eigenvalue weighted by Gasteiger charge is 2.42. The van der Waals surface area contributed by atoms with E-state index in [1.165, 1.54) is 32.1 Å². The summed E-state index contributed by atoms with van der Waals surface area (Å²) in [6.07, 6.45) is 8.07. The molecule has 0 aromatic heterocycles. The Bertz CT molecular complexity index is 354. The van der Waals surface area contributed by atoms with Crippen LogP contribution in [0.15, 0.2) is 0 Å². The first-order valence-corrected chi connectivity index (χ1v) is 7.90. The summed E-state index contributed by atoms with van der Waals surface area (Å²) in [5, 5.41) is 12.2. The van der Waals surface area contributed by atoms with Gasteiger partial charge in [0.15, 0.2) is 0 Å². The van der Waals surface area contributed by atoms with Crippen molar-refractivity contribution in [1.29, 1.82) is 0 Å². The van der Waals surface area contributed by atoms with Gasteiger partial charge in [0.1, 0.15) is 0 Å². The van der Waals surface area contributed by atoms with Crippen molar-refractivity contribution in [2.24, 2.45) is 5.92 Å². The van der Waals surface area contributed by atoms with E-state index in [1.807, 2.05) is 0 Å². The fraction of sp³-hybridized carbons (Fsp3) is 0.933. The van der Waals surface area contributed by atoms with Crippen LogP contribution in [0.1, 0.15) is 44.9 Å². The van der Waals surface area contributed by atoms with Crippen molar-refractivity contribution in [3.05, 3.63) is 0 Å². The number of piperidine rings is 1. The van der Waals surface area contributed by atoms with Gasteiger partial charge in [-0.3, -0.25) is 4.79 Å². The molecule has 3 atom stereocenters. The first kappa shape index (κ1) is 14.3. The lowest BCUT2D eigenvalue weighted by Gasteiger charge is -2.29. The topological polar surface area (TPSA) is 67.8 Å². The zero-order valence-corrected chi connectivity index (χ0v) is 12.0. The lowest BCUT2D eigenvalue weighted by molar-refractivity contribution is -0.144. The van der Waals surface area contributed by atoms with Gasteiger partial charge < -0.3 is 19.9 Å². The van der Waals surface area contributed by atoms with E-state index in [1.54, 1.807) is 0 Å². The van der Waals surface area contributed by atoms with Crippen LogP contribution in [0.2, 0.25) is 0 Å². The van der Waals surface area contributed by atoms with E-state index < -0.39 is 5.97 Å². The van der Waals surface area contributed by atoms with Gasteiger partial charge in [-0.2, -0.15) is 0 Å². The molecule has 5 heteroatoms. The van der Waals surface area contributed by atoms with Crippen LogP contribution < -0.4 is 5.32 Å². The van der Waals surface area contributed by atoms with Crippen molar-refractivity contribution in [3.8, 4) is 0 Å². The SMILES string of the molecule is O=C(O)C1CNCC(OCC2CCC3(CCCC3)O2)C1. The molecule has 2 saturated heterocycles. The molecule has 0 bridgehead atoms. The van der Waals surface area contributed by atoms with Crippen LogP contribution in [0.25, 0.3) is 0 Å². The van der Waals surface area contributed by atoms with Crippen molar-refractivity contribution in [2.45, 2.75) is 62.8 Å². The largest absolute Gasteiger partial charge is 0.481 e. The molecule has 0 radical (unpaired) electrons. The van der Waals surface area contributed by atoms with Gasteiger partial charge in [-0.05, 0) is 32.1 Å². The summed E-state index contributed by atoms with van der Waals surface area (Å²) in [4.78, 5) is 11.0. The number of carboxylic acid groups (broad SMARTS) is 1. The van der Waals surface area contributed by atoms with Gasteiger partial charge in [0.05, 0.1) is 30.3 Å². The number of hydrogen-bond acceptors (Lipinski definition) is 4. The molecule has 2 aliphatic heterocycles. The Morgan fingerprint density at radius 2 is 2.10 bits per heavy atom. The molecule has 3 rings (SSSR count). The Morgan fingerprint density at radius 3 is 2.85 bits per heavy atom. The summed E-state index contributed by atoms with van der Waals surface area (Å²) >= 11 is 0. The number of nitrogens with one attached hydrogen (secondary N) is 1. The standard InChI is InChI=1S/C15H25NO4/c17-14(18)11-7-13(9-16-8-11)19-10-12-3-6-15(20-12)4-1-2-5-15/h11-13,16H,1-10H2,(H,17,18). The summed E-state index contributed by atoms with van der Waals surface area (Å²) < 4.78 is 12.1. The van der Waals surface area contributed by atoms with Crippen LogP contribution in [-0.4, -0.2) is 48.6 Å². The third-order valence-corrected chi connectivity index (χ3v) is 5.03. The molecule has 0 amide bonds. The second-order valence-electron chi connectivity index (χ2n) is 6.55. The molecule has 2 N–H and O–H groups in total. The summed E-state index contributed by atoms with van der Waals surface area (Å²) in [5.74, 6) is -1.05. The molecular weight excluding hydrogens is 258 g/mol. The number of rotatable bonds is 4. The summed E-state index contributed by atoms with van der Waals surface area (Å²) in [5.41, 5.74) is 0.155. The molecule has 0 aromatic carbocycles. The Kier molecular flexibility index (Phi) is 4.29. The van der Waals surface area contributed by atoms with E-state index >= 15 is 0 Å². The van der Waals surface area contributed by atoms with Gasteiger partial charge in [0.2, 0.25) is 0 Å². The van der Waals surface area contributed by atoms with Gasteiger partial charge in [0.25, 0.3) is 0 Å². The summed E-state index contributed by atoms with van der Waals surface area (Å²) in [6.45, 7) is 1.92. The van der Waals surface area contributed by atoms with E-state index in [0.717, 1.165) is 13.0 Å². The molecular formula is C15H25NO4. The number of ether oxygens (including phenoxy) is 2. The van der Waals surface area contributed by atoms with Gasteiger partial charge in [-0.15, -0.1) is 0 Å². The lowest BCUT2D eigenvalue weighted by Crippen LogP contribution is -2.44. The normalized spacial score (nSPS) is 36.5. The van der Waals surface area contributed by atoms with Gasteiger partial charge >= 0.3 is 5.97 Å². The highest BCUT2D eigenvalue weighted by molar-refractivity contribution is 5.70. The average Bonchev–Trinajstić information content (AvgIpc) is 3.08. The molecule has 0 aromatic rings. The predicted octanol–water partition coefficient (Wildman–Crippen LogP) is 1.56. The van der Waals surface area contributed by atoms with E-state index in [2.05, 4.69) is 5.32 Å². The summed E-state index contributed by atoms with van der Waals surface area (Å²) in [6, 6.07) is 0. The minimum atomic E-state index is -0.729. The van der Waals surface area contributed by atoms with Crippen LogP contribution in [0, 0.1) is 5.92 Å². The fourth-order valence-electron chi connectivity index (χ4n) is 3.86. The van der Waals surface area contributed by atoms with E-state index in [-0.39, 0.29) is 23.7 Å². The van der Waals surface area contributed by atoms with Crippen LogP contribution >= 0.6 is 0 Å². The van der Waals surface area contributed by atoms with Crippen LogP contribution in [-0.2, 0) is 14.3 Å². The van der Waals surface area contributed by atoms with E-state index in [4.69, 9.17) is 14.6 Å². The Balaban J connectivity index is 1.42. The quantitative estimate of drug-likeness (QED) is 0.819. The number of carboxylic acids is 1. The van der Waals surface area contributed by atoms with Crippen LogP contribution in [0.3, 0.4) is 0 Å². The molecule has 5 nitrogen and oxygen atoms in total. The zero-order chi connectivity index (χ0) is 14.0. The monoisotopic (exact) mass is 283 g/mol. The van der Waals surface area contributed by atoms with Gasteiger partial charge in [0, 0.05) is 13.1 Å². The van der Waals surface area contributed by atoms with Crippen LogP contribution in [0.4, 0.5) is 0 Å². The summed E-state index contributed by atoms with van der Waals surface area (Å²) in [7, 11) is 0. The number of carbonyl (C=O) groups is 1. The van der Waals surface area contributed by atoms with E-state index in [9.17, 15) is 4.79 Å². The third-order valence-electron chi connectivity index (χ3n) is 5.03. The van der Waals surface area contributed by atoms with Crippen molar-refractivity contribution in [1.82, 2.24) is 5.32 Å². The number of hydrogen-bond donors (Lipinski definition) is 2. The molecule has 114 valence electrons. The maximum absolute atomic E-state index is 11.0. The second-order valence-corrected chi connectivity index (χ2v) is 6.55. The Morgan fingerprint density at radius 1 is 1.30 bits per heavy atom. The van der Waals surface area contributed by atoms with Gasteiger partial charge in [-0.25, -0.2) is 0 Å². The minimum absolute atomic E-state index is 0.00794. The van der Waals surface area contributed by atoms with Crippen molar-refractivity contribution >= 4 is 5.97 Å². The molecule has 3 aliphatic rings. The smallest absolute Gasteiger partial charge is 0.307 e. The molecule has 1 saturated carbocycles. The highest BCUT2D eigenvalue weighted by atomic mass is 16.6. The minimum Gasteiger partial charge on any atom is -0.481 e. The lowest BCUT2D eigenvalue weighted by atomic mass is 9.97. The Hall–Kier alpha value is -0.650. The molecule has 3 unspecified atom stereocenters.